The average Bonchev–Trinajstić information content (AvgIpc) is 2.77. The first kappa shape index (κ1) is 8.69. The summed E-state index contributed by atoms with van der Waals surface area (Å²) in [5.41, 5.74) is 0.495. The number of aryl methyl sites for hydroxylation is 2. The molecule has 0 saturated heterocycles. The van der Waals surface area contributed by atoms with Crippen LogP contribution in [0.1, 0.15) is 33.2 Å². The smallest absolute Gasteiger partial charge is 0.358 e. The molecule has 0 amide bonds. The Bertz CT molecular complexity index is 341. The molecule has 0 N–H and O–H groups in total. The Balaban J connectivity index is 2.13. The molecular formula is C9H11NO2S. The highest BCUT2D eigenvalue weighted by Gasteiger charge is 2.28. The number of aromatic nitrogens is 1. The topological polar surface area (TPSA) is 39.2 Å². The molecule has 0 unspecified atom stereocenters. The van der Waals surface area contributed by atoms with Gasteiger partial charge in [-0.1, -0.05) is 0 Å². The van der Waals surface area contributed by atoms with Gasteiger partial charge < -0.3 is 4.74 Å². The summed E-state index contributed by atoms with van der Waals surface area (Å²) in [6.07, 6.45) is 2.18. The summed E-state index contributed by atoms with van der Waals surface area (Å²) in [6.45, 7) is 3.79. The summed E-state index contributed by atoms with van der Waals surface area (Å²) in [5.74, 6) is -0.260. The first-order chi connectivity index (χ1) is 6.16. The number of hydrogen-bond donors (Lipinski definition) is 0. The summed E-state index contributed by atoms with van der Waals surface area (Å²) >= 11 is 1.53. The monoisotopic (exact) mass is 197 g/mol. The van der Waals surface area contributed by atoms with E-state index < -0.39 is 0 Å². The highest BCUT2D eigenvalue weighted by Crippen LogP contribution is 2.26. The second kappa shape index (κ2) is 3.10. The first-order valence-corrected chi connectivity index (χ1v) is 5.13. The van der Waals surface area contributed by atoms with Gasteiger partial charge in [-0.2, -0.15) is 0 Å². The van der Waals surface area contributed by atoms with E-state index in [2.05, 4.69) is 4.98 Å². The Hall–Kier alpha value is -0.900. The highest BCUT2D eigenvalue weighted by atomic mass is 32.1. The van der Waals surface area contributed by atoms with Crippen molar-refractivity contribution in [1.82, 2.24) is 4.98 Å². The van der Waals surface area contributed by atoms with Crippen molar-refractivity contribution in [3.8, 4) is 0 Å². The molecule has 0 aromatic carbocycles. The van der Waals surface area contributed by atoms with Crippen LogP contribution in [0.2, 0.25) is 0 Å². The zero-order valence-electron chi connectivity index (χ0n) is 7.66. The van der Waals surface area contributed by atoms with Gasteiger partial charge in [0.2, 0.25) is 0 Å². The number of carbonyl (C=O) groups excluding carboxylic acids is 1. The van der Waals surface area contributed by atoms with E-state index in [0.717, 1.165) is 22.7 Å². The lowest BCUT2D eigenvalue weighted by atomic mass is 10.4. The average molecular weight is 197 g/mol. The van der Waals surface area contributed by atoms with Crippen molar-refractivity contribution in [2.75, 3.05) is 0 Å². The molecular weight excluding hydrogens is 186 g/mol. The van der Waals surface area contributed by atoms with Crippen LogP contribution < -0.4 is 0 Å². The maximum Gasteiger partial charge on any atom is 0.358 e. The van der Waals surface area contributed by atoms with E-state index in [0.29, 0.717) is 5.69 Å². The first-order valence-electron chi connectivity index (χ1n) is 4.32. The van der Waals surface area contributed by atoms with Crippen molar-refractivity contribution in [2.45, 2.75) is 32.8 Å². The molecule has 0 radical (unpaired) electrons. The summed E-state index contributed by atoms with van der Waals surface area (Å²) in [7, 11) is 0. The molecule has 1 aliphatic rings. The molecule has 13 heavy (non-hydrogen) atoms. The summed E-state index contributed by atoms with van der Waals surface area (Å²) in [5, 5.41) is 0.917. The molecule has 1 saturated carbocycles. The maximum atomic E-state index is 11.5. The van der Waals surface area contributed by atoms with E-state index in [1.54, 1.807) is 0 Å². The number of carbonyl (C=O) groups is 1. The number of rotatable bonds is 2. The Morgan fingerprint density at radius 2 is 2.23 bits per heavy atom. The molecule has 70 valence electrons. The SMILES string of the molecule is Cc1nc(C(=O)OC2CC2)c(C)s1. The molecule has 4 heteroatoms. The number of ether oxygens (including phenoxy) is 1. The summed E-state index contributed by atoms with van der Waals surface area (Å²) in [4.78, 5) is 16.5. The van der Waals surface area contributed by atoms with Crippen LogP contribution >= 0.6 is 11.3 Å². The van der Waals surface area contributed by atoms with E-state index in [1.165, 1.54) is 11.3 Å². The van der Waals surface area contributed by atoms with Crippen LogP contribution in [0.25, 0.3) is 0 Å². The maximum absolute atomic E-state index is 11.5. The number of nitrogens with zero attached hydrogens (tertiary/aromatic N) is 1. The van der Waals surface area contributed by atoms with Gasteiger partial charge in [0.25, 0.3) is 0 Å². The molecule has 2 rings (SSSR count). The van der Waals surface area contributed by atoms with Gasteiger partial charge in [-0.25, -0.2) is 9.78 Å². The Labute approximate surface area is 80.8 Å². The molecule has 1 aromatic rings. The minimum atomic E-state index is -0.260. The molecule has 1 fully saturated rings. The fourth-order valence-corrected chi connectivity index (χ4v) is 1.92. The van der Waals surface area contributed by atoms with Gasteiger partial charge in [0.1, 0.15) is 6.10 Å². The molecule has 1 aromatic heterocycles. The van der Waals surface area contributed by atoms with Gasteiger partial charge in [0.15, 0.2) is 5.69 Å². The van der Waals surface area contributed by atoms with Crippen LogP contribution in [0.5, 0.6) is 0 Å². The third-order valence-electron chi connectivity index (χ3n) is 1.89. The van der Waals surface area contributed by atoms with Crippen molar-refractivity contribution in [3.05, 3.63) is 15.6 Å². The Morgan fingerprint density at radius 3 is 2.69 bits per heavy atom. The molecule has 0 atom stereocenters. The highest BCUT2D eigenvalue weighted by molar-refractivity contribution is 7.11. The molecule has 1 aliphatic carbocycles. The standard InChI is InChI=1S/C9H11NO2S/c1-5-8(10-6(2)13-5)9(11)12-7-3-4-7/h7H,3-4H2,1-2H3. The van der Waals surface area contributed by atoms with Crippen LogP contribution in [0, 0.1) is 13.8 Å². The largest absolute Gasteiger partial charge is 0.458 e. The van der Waals surface area contributed by atoms with Crippen molar-refractivity contribution in [1.29, 1.82) is 0 Å². The van der Waals surface area contributed by atoms with Crippen molar-refractivity contribution in [3.63, 3.8) is 0 Å². The lowest BCUT2D eigenvalue weighted by Gasteiger charge is -1.99. The Kier molecular flexibility index (Phi) is 2.07. The van der Waals surface area contributed by atoms with Crippen molar-refractivity contribution < 1.29 is 9.53 Å². The quantitative estimate of drug-likeness (QED) is 0.681. The zero-order chi connectivity index (χ0) is 9.42. The number of thiazole rings is 1. The number of esters is 1. The summed E-state index contributed by atoms with van der Waals surface area (Å²) in [6, 6.07) is 0. The van der Waals surface area contributed by atoms with Crippen LogP contribution in [0.4, 0.5) is 0 Å². The van der Waals surface area contributed by atoms with Gasteiger partial charge in [0, 0.05) is 4.88 Å². The molecule has 0 bridgehead atoms. The van der Waals surface area contributed by atoms with Crippen LogP contribution in [0.15, 0.2) is 0 Å². The van der Waals surface area contributed by atoms with Gasteiger partial charge in [0.05, 0.1) is 5.01 Å². The van der Waals surface area contributed by atoms with Gasteiger partial charge in [-0.3, -0.25) is 0 Å². The van der Waals surface area contributed by atoms with Gasteiger partial charge >= 0.3 is 5.97 Å². The lowest BCUT2D eigenvalue weighted by Crippen LogP contribution is -2.08. The molecule has 0 aliphatic heterocycles. The molecule has 0 spiro atoms. The van der Waals surface area contributed by atoms with Crippen LogP contribution in [0.3, 0.4) is 0 Å². The van der Waals surface area contributed by atoms with E-state index in [9.17, 15) is 4.79 Å². The van der Waals surface area contributed by atoms with E-state index >= 15 is 0 Å². The second-order valence-electron chi connectivity index (χ2n) is 3.24. The lowest BCUT2D eigenvalue weighted by molar-refractivity contribution is 0.0465. The minimum absolute atomic E-state index is 0.161. The molecule has 3 nitrogen and oxygen atoms in total. The second-order valence-corrected chi connectivity index (χ2v) is 4.65. The summed E-state index contributed by atoms with van der Waals surface area (Å²) < 4.78 is 5.15. The zero-order valence-corrected chi connectivity index (χ0v) is 8.48. The number of hydrogen-bond acceptors (Lipinski definition) is 4. The van der Waals surface area contributed by atoms with E-state index in [4.69, 9.17) is 4.74 Å². The van der Waals surface area contributed by atoms with E-state index in [1.807, 2.05) is 13.8 Å². The van der Waals surface area contributed by atoms with Gasteiger partial charge in [-0.05, 0) is 26.7 Å². The van der Waals surface area contributed by atoms with Crippen LogP contribution in [-0.2, 0) is 4.74 Å². The van der Waals surface area contributed by atoms with Gasteiger partial charge in [-0.15, -0.1) is 11.3 Å². The van der Waals surface area contributed by atoms with Crippen molar-refractivity contribution >= 4 is 17.3 Å². The third kappa shape index (κ3) is 1.88. The van der Waals surface area contributed by atoms with Crippen molar-refractivity contribution in [2.24, 2.45) is 0 Å². The fraction of sp³-hybridized carbons (Fsp3) is 0.556. The normalized spacial score (nSPS) is 15.8. The molecule has 1 heterocycles. The fourth-order valence-electron chi connectivity index (χ4n) is 1.11. The third-order valence-corrected chi connectivity index (χ3v) is 2.78. The predicted molar refractivity (Wildman–Crippen MR) is 50.0 cm³/mol. The van der Waals surface area contributed by atoms with E-state index in [-0.39, 0.29) is 12.1 Å². The predicted octanol–water partition coefficient (Wildman–Crippen LogP) is 2.08. The Morgan fingerprint density at radius 1 is 1.54 bits per heavy atom. The minimum Gasteiger partial charge on any atom is -0.458 e. The van der Waals surface area contributed by atoms with Crippen LogP contribution in [-0.4, -0.2) is 17.1 Å².